The minimum atomic E-state index is -4.95. The fraction of sp³-hybridized carbons (Fsp3) is 0.464. The third-order valence-corrected chi connectivity index (χ3v) is 8.06. The molecule has 0 unspecified atom stereocenters. The number of rotatable bonds is 6. The molecule has 3 aliphatic rings. The molecule has 3 amide bonds. The van der Waals surface area contributed by atoms with E-state index >= 15 is 0 Å². The van der Waals surface area contributed by atoms with E-state index in [1.807, 2.05) is 0 Å². The smallest absolute Gasteiger partial charge is 0.388 e. The van der Waals surface area contributed by atoms with E-state index in [9.17, 15) is 37.1 Å². The number of nitrogens with zero attached hydrogens (tertiary/aromatic N) is 2. The van der Waals surface area contributed by atoms with E-state index in [4.69, 9.17) is 0 Å². The third kappa shape index (κ3) is 5.73. The van der Waals surface area contributed by atoms with Crippen molar-refractivity contribution in [2.45, 2.75) is 50.8 Å². The molecule has 41 heavy (non-hydrogen) atoms. The van der Waals surface area contributed by atoms with Gasteiger partial charge in [-0.2, -0.15) is 13.2 Å². The molecule has 0 spiro atoms. The Labute approximate surface area is 233 Å². The summed E-state index contributed by atoms with van der Waals surface area (Å²) in [6.45, 7) is 3.82. The largest absolute Gasteiger partial charge is 0.419 e. The number of H-pyrrole nitrogens is 1. The lowest BCUT2D eigenvalue weighted by Gasteiger charge is -2.42. The number of hydrogen-bond donors (Lipinski definition) is 4. The van der Waals surface area contributed by atoms with Gasteiger partial charge >= 0.3 is 6.18 Å². The number of alkyl halides is 3. The van der Waals surface area contributed by atoms with E-state index in [0.29, 0.717) is 6.54 Å². The predicted molar refractivity (Wildman–Crippen MR) is 143 cm³/mol. The van der Waals surface area contributed by atoms with Crippen LogP contribution in [-0.4, -0.2) is 76.4 Å². The minimum Gasteiger partial charge on any atom is -0.388 e. The number of amides is 3. The average Bonchev–Trinajstić information content (AvgIpc) is 3.40. The van der Waals surface area contributed by atoms with Gasteiger partial charge in [-0.3, -0.25) is 14.4 Å². The average molecular weight is 578 g/mol. The number of carbonyl (C=O) groups excluding carboxylic acids is 3. The Hall–Kier alpha value is -3.71. The Morgan fingerprint density at radius 2 is 1.83 bits per heavy atom. The van der Waals surface area contributed by atoms with Gasteiger partial charge in [0.2, 0.25) is 6.41 Å². The number of halogens is 4. The molecule has 3 aliphatic heterocycles. The molecule has 2 saturated heterocycles. The predicted octanol–water partition coefficient (Wildman–Crippen LogP) is 4.00. The van der Waals surface area contributed by atoms with Crippen LogP contribution < -0.4 is 10.6 Å². The monoisotopic (exact) mass is 577 g/mol. The second-order valence-corrected chi connectivity index (χ2v) is 10.9. The molecule has 220 valence electrons. The van der Waals surface area contributed by atoms with Crippen LogP contribution in [0.1, 0.15) is 65.0 Å². The zero-order chi connectivity index (χ0) is 29.5. The maximum absolute atomic E-state index is 14.5. The van der Waals surface area contributed by atoms with Crippen molar-refractivity contribution in [2.24, 2.45) is 0 Å². The molecule has 9 nitrogen and oxygen atoms in total. The number of aromatic nitrogens is 1. The van der Waals surface area contributed by atoms with Crippen LogP contribution in [0.2, 0.25) is 0 Å². The maximum Gasteiger partial charge on any atom is 0.419 e. The highest BCUT2D eigenvalue weighted by molar-refractivity contribution is 6.35. The summed E-state index contributed by atoms with van der Waals surface area (Å²) >= 11 is 0. The number of aryl methyl sites for hydroxylation is 1. The quantitative estimate of drug-likeness (QED) is 0.235. The summed E-state index contributed by atoms with van der Waals surface area (Å²) in [5, 5.41) is 15.7. The SMILES string of the molecule is Cc1[nH]c(/C=C2\C(=O)Nc3cc(NC=O)c(F)cc32)c(C(F)(F)F)c1C(=O)N1CCC(O)(CN2CCCCC2)CC1. The highest BCUT2D eigenvalue weighted by Gasteiger charge is 2.43. The number of aliphatic hydroxyl groups is 1. The Bertz CT molecular complexity index is 1400. The molecule has 0 atom stereocenters. The zero-order valence-electron chi connectivity index (χ0n) is 22.5. The normalized spacial score (nSPS) is 20.2. The van der Waals surface area contributed by atoms with Gasteiger partial charge < -0.3 is 30.5 Å². The van der Waals surface area contributed by atoms with E-state index in [0.717, 1.165) is 44.5 Å². The number of aromatic amines is 1. The number of fused-ring (bicyclic) bond motifs is 1. The first kappa shape index (κ1) is 28.8. The molecule has 0 saturated carbocycles. The standard InChI is InChI=1S/C28H31F4N5O4/c1-16-23(26(40)37-9-5-27(41,6-10-37)14-36-7-3-2-4-8-36)24(28(30,31)32)22(34-16)12-18-17-11-19(29)21(33-15-38)13-20(17)35-25(18)39/h11-13,15,34,41H,2-10,14H2,1H3,(H,33,38)(H,35,39)/b18-12-. The Kier molecular flexibility index (Phi) is 7.68. The highest BCUT2D eigenvalue weighted by Crippen LogP contribution is 2.41. The van der Waals surface area contributed by atoms with Crippen molar-refractivity contribution in [3.8, 4) is 0 Å². The lowest BCUT2D eigenvalue weighted by Crippen LogP contribution is -2.53. The summed E-state index contributed by atoms with van der Waals surface area (Å²) in [5.74, 6) is -2.46. The van der Waals surface area contributed by atoms with Crippen LogP contribution in [0.4, 0.5) is 28.9 Å². The molecule has 2 aromatic rings. The molecule has 13 heteroatoms. The van der Waals surface area contributed by atoms with Gasteiger partial charge in [0.25, 0.3) is 11.8 Å². The molecule has 4 heterocycles. The van der Waals surface area contributed by atoms with Gasteiger partial charge in [0.15, 0.2) is 0 Å². The lowest BCUT2D eigenvalue weighted by atomic mass is 9.89. The zero-order valence-corrected chi connectivity index (χ0v) is 22.5. The highest BCUT2D eigenvalue weighted by atomic mass is 19.4. The minimum absolute atomic E-state index is 0.0150. The lowest BCUT2D eigenvalue weighted by molar-refractivity contribution is -0.138. The molecule has 0 radical (unpaired) electrons. The number of likely N-dealkylation sites (tertiary alicyclic amines) is 2. The van der Waals surface area contributed by atoms with Gasteiger partial charge in [-0.15, -0.1) is 0 Å². The van der Waals surface area contributed by atoms with Crippen LogP contribution in [-0.2, 0) is 15.8 Å². The number of β-amino-alcohol motifs (C(OH)–C–C–N with tert-alkyl or cyclic N) is 1. The number of benzene rings is 1. The molecular formula is C28H31F4N5O4. The fourth-order valence-corrected chi connectivity index (χ4v) is 5.97. The summed E-state index contributed by atoms with van der Waals surface area (Å²) in [6.07, 6.45) is 0.0366. The molecule has 2 fully saturated rings. The Balaban J connectivity index is 1.43. The van der Waals surface area contributed by atoms with Crippen molar-refractivity contribution in [2.75, 3.05) is 43.4 Å². The second-order valence-electron chi connectivity index (χ2n) is 10.9. The molecule has 1 aromatic heterocycles. The first-order chi connectivity index (χ1) is 19.4. The van der Waals surface area contributed by atoms with Crippen molar-refractivity contribution in [3.63, 3.8) is 0 Å². The van der Waals surface area contributed by atoms with Crippen LogP contribution in [0.25, 0.3) is 11.6 Å². The number of piperidine rings is 2. The number of carbonyl (C=O) groups is 3. The molecular weight excluding hydrogens is 546 g/mol. The topological polar surface area (TPSA) is 118 Å². The van der Waals surface area contributed by atoms with Gasteiger partial charge in [-0.25, -0.2) is 4.39 Å². The molecule has 0 aliphatic carbocycles. The molecule has 0 bridgehead atoms. The van der Waals surface area contributed by atoms with Gasteiger partial charge in [0.1, 0.15) is 5.82 Å². The Morgan fingerprint density at radius 1 is 1.15 bits per heavy atom. The summed E-state index contributed by atoms with van der Waals surface area (Å²) in [4.78, 5) is 43.0. The summed E-state index contributed by atoms with van der Waals surface area (Å²) in [7, 11) is 0. The van der Waals surface area contributed by atoms with Crippen LogP contribution in [0.3, 0.4) is 0 Å². The molecule has 5 rings (SSSR count). The first-order valence-corrected chi connectivity index (χ1v) is 13.5. The maximum atomic E-state index is 14.5. The van der Waals surface area contributed by atoms with Gasteiger partial charge in [-0.1, -0.05) is 6.42 Å². The van der Waals surface area contributed by atoms with E-state index in [1.165, 1.54) is 17.9 Å². The van der Waals surface area contributed by atoms with Crippen LogP contribution in [0.15, 0.2) is 12.1 Å². The van der Waals surface area contributed by atoms with Gasteiger partial charge in [-0.05, 0) is 63.9 Å². The molecule has 1 aromatic carbocycles. The van der Waals surface area contributed by atoms with E-state index in [-0.39, 0.29) is 60.5 Å². The second kappa shape index (κ2) is 10.9. The number of hydrogen-bond acceptors (Lipinski definition) is 5. The van der Waals surface area contributed by atoms with E-state index in [1.54, 1.807) is 0 Å². The molecule has 4 N–H and O–H groups in total. The van der Waals surface area contributed by atoms with Crippen LogP contribution in [0.5, 0.6) is 0 Å². The fourth-order valence-electron chi connectivity index (χ4n) is 5.97. The number of anilines is 2. The van der Waals surface area contributed by atoms with Crippen LogP contribution in [0, 0.1) is 12.7 Å². The first-order valence-electron chi connectivity index (χ1n) is 13.5. The van der Waals surface area contributed by atoms with E-state index < -0.39 is 46.2 Å². The summed E-state index contributed by atoms with van der Waals surface area (Å²) in [6, 6.07) is 2.11. The number of nitrogens with one attached hydrogen (secondary N) is 3. The van der Waals surface area contributed by atoms with Crippen molar-refractivity contribution in [1.29, 1.82) is 0 Å². The summed E-state index contributed by atoms with van der Waals surface area (Å²) in [5.41, 5.74) is -3.63. The third-order valence-electron chi connectivity index (χ3n) is 8.06. The van der Waals surface area contributed by atoms with Crippen LogP contribution >= 0.6 is 0 Å². The van der Waals surface area contributed by atoms with Gasteiger partial charge in [0, 0.05) is 30.9 Å². The summed E-state index contributed by atoms with van der Waals surface area (Å²) < 4.78 is 57.8. The van der Waals surface area contributed by atoms with E-state index in [2.05, 4.69) is 20.5 Å². The van der Waals surface area contributed by atoms with Crippen molar-refractivity contribution < 1.29 is 37.1 Å². The van der Waals surface area contributed by atoms with Gasteiger partial charge in [0.05, 0.1) is 39.4 Å². The Morgan fingerprint density at radius 3 is 2.46 bits per heavy atom. The van der Waals surface area contributed by atoms with Crippen molar-refractivity contribution in [1.82, 2.24) is 14.8 Å². The van der Waals surface area contributed by atoms with Crippen molar-refractivity contribution >= 4 is 41.2 Å². The van der Waals surface area contributed by atoms with Crippen molar-refractivity contribution in [3.05, 3.63) is 46.0 Å².